The fraction of sp³-hybridized carbons (Fsp3) is 0.333. The molecule has 1 atom stereocenters. The molecule has 0 saturated carbocycles. The molecule has 0 bridgehead atoms. The van der Waals surface area contributed by atoms with E-state index in [1.807, 2.05) is 56.3 Å². The Labute approximate surface area is 215 Å². The first-order chi connectivity index (χ1) is 16.9. The van der Waals surface area contributed by atoms with Crippen LogP contribution < -0.4 is 10.5 Å². The van der Waals surface area contributed by atoms with Gasteiger partial charge in [0.1, 0.15) is 15.8 Å². The van der Waals surface area contributed by atoms with Gasteiger partial charge in [0.05, 0.1) is 16.5 Å². The van der Waals surface area contributed by atoms with E-state index in [9.17, 15) is 9.59 Å². The third kappa shape index (κ3) is 4.90. The molecule has 6 nitrogen and oxygen atoms in total. The van der Waals surface area contributed by atoms with Crippen LogP contribution in [0.5, 0.6) is 0 Å². The van der Waals surface area contributed by atoms with Gasteiger partial charge in [-0.05, 0) is 50.0 Å². The van der Waals surface area contributed by atoms with Gasteiger partial charge in [0.2, 0.25) is 0 Å². The normalized spacial score (nSPS) is 15.9. The molecule has 0 spiro atoms. The van der Waals surface area contributed by atoms with Crippen LogP contribution in [0.25, 0.3) is 11.7 Å². The third-order valence-electron chi connectivity index (χ3n) is 6.12. The van der Waals surface area contributed by atoms with Crippen molar-refractivity contribution in [1.29, 1.82) is 0 Å². The first-order valence-electron chi connectivity index (χ1n) is 12.0. The molecule has 4 rings (SSSR count). The zero-order chi connectivity index (χ0) is 25.1. The monoisotopic (exact) mass is 506 g/mol. The van der Waals surface area contributed by atoms with Crippen LogP contribution in [-0.4, -0.2) is 37.6 Å². The summed E-state index contributed by atoms with van der Waals surface area (Å²) >= 11 is 6.84. The van der Waals surface area contributed by atoms with E-state index < -0.39 is 0 Å². The summed E-state index contributed by atoms with van der Waals surface area (Å²) in [5, 5.41) is 0. The van der Waals surface area contributed by atoms with Gasteiger partial charge in [-0.3, -0.25) is 18.9 Å². The van der Waals surface area contributed by atoms with Crippen LogP contribution in [-0.2, 0) is 4.79 Å². The van der Waals surface area contributed by atoms with E-state index in [0.29, 0.717) is 26.3 Å². The standard InChI is InChI=1S/C27H30N4O2S2/c1-5-14-29(15-6-2)24-21(25(32)30-16-10-11-18(3)23(30)28-24)17-22-26(33)31(27(34)35-22)19(4)20-12-8-7-9-13-20/h7-13,16-17,19H,5-6,14-15H2,1-4H3/b22-17-/t19-/m1/s1. The van der Waals surface area contributed by atoms with Gasteiger partial charge in [-0.2, -0.15) is 0 Å². The van der Waals surface area contributed by atoms with Crippen molar-refractivity contribution in [3.05, 3.63) is 80.6 Å². The number of hydrogen-bond donors (Lipinski definition) is 0. The van der Waals surface area contributed by atoms with E-state index in [4.69, 9.17) is 17.2 Å². The number of thioether (sulfide) groups is 1. The van der Waals surface area contributed by atoms with Crippen molar-refractivity contribution < 1.29 is 4.79 Å². The lowest BCUT2D eigenvalue weighted by atomic mass is 10.1. The average Bonchev–Trinajstić information content (AvgIpc) is 3.13. The molecule has 1 amide bonds. The van der Waals surface area contributed by atoms with Crippen molar-refractivity contribution in [3.8, 4) is 0 Å². The maximum Gasteiger partial charge on any atom is 0.267 e. The number of pyridine rings is 1. The van der Waals surface area contributed by atoms with E-state index in [1.54, 1.807) is 21.6 Å². The summed E-state index contributed by atoms with van der Waals surface area (Å²) in [6.07, 6.45) is 5.26. The van der Waals surface area contributed by atoms with Crippen LogP contribution in [0.1, 0.15) is 56.3 Å². The number of anilines is 1. The molecule has 182 valence electrons. The Hall–Kier alpha value is -2.97. The molecule has 1 fully saturated rings. The van der Waals surface area contributed by atoms with Crippen LogP contribution in [0.3, 0.4) is 0 Å². The molecular weight excluding hydrogens is 476 g/mol. The highest BCUT2D eigenvalue weighted by atomic mass is 32.2. The van der Waals surface area contributed by atoms with Crippen LogP contribution in [0.15, 0.2) is 58.4 Å². The van der Waals surface area contributed by atoms with Crippen LogP contribution in [0.2, 0.25) is 0 Å². The van der Waals surface area contributed by atoms with Crippen molar-refractivity contribution in [2.45, 2.75) is 46.6 Å². The summed E-state index contributed by atoms with van der Waals surface area (Å²) in [6.45, 7) is 9.68. The highest BCUT2D eigenvalue weighted by Crippen LogP contribution is 2.38. The third-order valence-corrected chi connectivity index (χ3v) is 7.45. The van der Waals surface area contributed by atoms with Crippen molar-refractivity contribution in [3.63, 3.8) is 0 Å². The van der Waals surface area contributed by atoms with Gasteiger partial charge in [0, 0.05) is 19.3 Å². The summed E-state index contributed by atoms with van der Waals surface area (Å²) in [6, 6.07) is 13.4. The number of thiocarbonyl (C=S) groups is 1. The molecule has 8 heteroatoms. The fourth-order valence-electron chi connectivity index (χ4n) is 4.36. The van der Waals surface area contributed by atoms with Crippen molar-refractivity contribution in [2.75, 3.05) is 18.0 Å². The molecule has 0 N–H and O–H groups in total. The van der Waals surface area contributed by atoms with E-state index in [-0.39, 0.29) is 17.5 Å². The van der Waals surface area contributed by atoms with Gasteiger partial charge >= 0.3 is 0 Å². The number of aryl methyl sites for hydroxylation is 1. The Balaban J connectivity index is 1.84. The molecule has 2 aromatic heterocycles. The van der Waals surface area contributed by atoms with E-state index in [2.05, 4.69) is 18.7 Å². The first kappa shape index (κ1) is 25.1. The molecule has 0 radical (unpaired) electrons. The number of fused-ring (bicyclic) bond motifs is 1. The predicted octanol–water partition coefficient (Wildman–Crippen LogP) is 5.59. The highest BCUT2D eigenvalue weighted by Gasteiger charge is 2.36. The maximum absolute atomic E-state index is 13.7. The predicted molar refractivity (Wildman–Crippen MR) is 149 cm³/mol. The number of hydrogen-bond acceptors (Lipinski definition) is 6. The number of aromatic nitrogens is 2. The lowest BCUT2D eigenvalue weighted by Crippen LogP contribution is -2.32. The summed E-state index contributed by atoms with van der Waals surface area (Å²) < 4.78 is 2.05. The van der Waals surface area contributed by atoms with Crippen molar-refractivity contribution >= 4 is 51.7 Å². The minimum atomic E-state index is -0.204. The lowest BCUT2D eigenvalue weighted by Gasteiger charge is -2.25. The molecule has 1 aliphatic heterocycles. The SMILES string of the molecule is CCCN(CCC)c1nc2c(C)cccn2c(=O)c1/C=C1\SC(=S)N([C@H](C)c2ccccc2)C1=O. The Morgan fingerprint density at radius 3 is 2.43 bits per heavy atom. The molecule has 1 aliphatic rings. The molecule has 1 saturated heterocycles. The van der Waals surface area contributed by atoms with Gasteiger partial charge < -0.3 is 4.90 Å². The van der Waals surface area contributed by atoms with Gasteiger partial charge in [0.15, 0.2) is 0 Å². The molecular formula is C27H30N4O2S2. The molecule has 3 heterocycles. The molecule has 0 unspecified atom stereocenters. The largest absolute Gasteiger partial charge is 0.356 e. The first-order valence-corrected chi connectivity index (χ1v) is 13.2. The second-order valence-electron chi connectivity index (χ2n) is 8.66. The summed E-state index contributed by atoms with van der Waals surface area (Å²) in [4.78, 5) is 36.4. The number of carbonyl (C=O) groups is 1. The topological polar surface area (TPSA) is 57.9 Å². The van der Waals surface area contributed by atoms with Crippen LogP contribution >= 0.6 is 24.0 Å². The second-order valence-corrected chi connectivity index (χ2v) is 10.3. The minimum absolute atomic E-state index is 0.187. The fourth-order valence-corrected chi connectivity index (χ4v) is 5.76. The quantitative estimate of drug-likeness (QED) is 0.293. The zero-order valence-electron chi connectivity index (χ0n) is 20.5. The Morgan fingerprint density at radius 2 is 1.77 bits per heavy atom. The van der Waals surface area contributed by atoms with Gasteiger partial charge in [-0.1, -0.05) is 74.2 Å². The molecule has 1 aromatic carbocycles. The van der Waals surface area contributed by atoms with E-state index in [0.717, 1.165) is 37.1 Å². The average molecular weight is 507 g/mol. The number of amides is 1. The van der Waals surface area contributed by atoms with Gasteiger partial charge in [-0.25, -0.2) is 4.98 Å². The lowest BCUT2D eigenvalue weighted by molar-refractivity contribution is -0.123. The number of rotatable bonds is 8. The minimum Gasteiger partial charge on any atom is -0.356 e. The Kier molecular flexibility index (Phi) is 7.72. The summed E-state index contributed by atoms with van der Waals surface area (Å²) in [5.41, 5.74) is 2.79. The van der Waals surface area contributed by atoms with Crippen LogP contribution in [0.4, 0.5) is 5.82 Å². The van der Waals surface area contributed by atoms with Gasteiger partial charge in [-0.15, -0.1) is 0 Å². The second kappa shape index (κ2) is 10.7. The number of carbonyl (C=O) groups excluding carboxylic acids is 1. The molecule has 35 heavy (non-hydrogen) atoms. The van der Waals surface area contributed by atoms with Crippen molar-refractivity contribution in [1.82, 2.24) is 14.3 Å². The number of benzene rings is 1. The Bertz CT molecular complexity index is 1340. The Morgan fingerprint density at radius 1 is 1.09 bits per heavy atom. The van der Waals surface area contributed by atoms with Crippen LogP contribution in [0, 0.1) is 6.92 Å². The van der Waals surface area contributed by atoms with Gasteiger partial charge in [0.25, 0.3) is 11.5 Å². The summed E-state index contributed by atoms with van der Waals surface area (Å²) in [5.74, 6) is 0.433. The van der Waals surface area contributed by atoms with E-state index in [1.165, 1.54) is 11.8 Å². The highest BCUT2D eigenvalue weighted by molar-refractivity contribution is 8.26. The van der Waals surface area contributed by atoms with E-state index >= 15 is 0 Å². The maximum atomic E-state index is 13.7. The molecule has 3 aromatic rings. The smallest absolute Gasteiger partial charge is 0.267 e. The summed E-state index contributed by atoms with van der Waals surface area (Å²) in [7, 11) is 0. The zero-order valence-corrected chi connectivity index (χ0v) is 22.2. The molecule has 0 aliphatic carbocycles. The number of nitrogens with zero attached hydrogens (tertiary/aromatic N) is 4. The van der Waals surface area contributed by atoms with Crippen molar-refractivity contribution in [2.24, 2.45) is 0 Å².